The third kappa shape index (κ3) is 6.44. The first-order valence-corrected chi connectivity index (χ1v) is 19.9. The lowest BCUT2D eigenvalue weighted by atomic mass is 9.99. The van der Waals surface area contributed by atoms with E-state index in [4.69, 9.17) is 9.98 Å². The van der Waals surface area contributed by atoms with Gasteiger partial charge < -0.3 is 0 Å². The zero-order chi connectivity index (χ0) is 38.1. The van der Waals surface area contributed by atoms with E-state index >= 15 is 0 Å². The molecule has 0 N–H and O–H groups in total. The Kier molecular flexibility index (Phi) is 8.90. The fraction of sp³-hybridized carbons (Fsp3) is 0.0192. The van der Waals surface area contributed by atoms with Crippen LogP contribution in [0.3, 0.4) is 0 Å². The molecule has 0 aliphatic rings. The highest BCUT2D eigenvalue weighted by atomic mass is 32.1. The van der Waals surface area contributed by atoms with Crippen molar-refractivity contribution in [3.63, 3.8) is 0 Å². The maximum absolute atomic E-state index is 5.20. The van der Waals surface area contributed by atoms with Crippen LogP contribution in [0.1, 0.15) is 11.1 Å². The number of aliphatic imine (C=N–C) groups is 3. The molecule has 0 saturated heterocycles. The van der Waals surface area contributed by atoms with Crippen LogP contribution in [0.5, 0.6) is 0 Å². The van der Waals surface area contributed by atoms with Crippen LogP contribution in [0.15, 0.2) is 209 Å². The molecule has 0 amide bonds. The predicted octanol–water partition coefficient (Wildman–Crippen LogP) is 13.7. The second kappa shape index (κ2) is 14.8. The van der Waals surface area contributed by atoms with Crippen LogP contribution in [-0.4, -0.2) is 23.1 Å². The normalized spacial score (nSPS) is 12.2. The third-order valence-corrected chi connectivity index (χ3v) is 11.9. The first-order valence-electron chi connectivity index (χ1n) is 19.1. The van der Waals surface area contributed by atoms with Crippen LogP contribution < -0.4 is 0 Å². The molecule has 4 nitrogen and oxygen atoms in total. The average Bonchev–Trinajstić information content (AvgIpc) is 3.83. The second-order valence-electron chi connectivity index (χ2n) is 14.1. The van der Waals surface area contributed by atoms with Gasteiger partial charge in [-0.3, -0.25) is 9.56 Å². The average molecular weight is 749 g/mol. The Morgan fingerprint density at radius 1 is 0.491 bits per heavy atom. The molecule has 5 heteroatoms. The molecule has 0 radical (unpaired) electrons. The zero-order valence-electron chi connectivity index (χ0n) is 31.1. The number of thiophene rings is 1. The van der Waals surface area contributed by atoms with Crippen molar-refractivity contribution in [1.29, 1.82) is 0 Å². The molecule has 0 aliphatic carbocycles. The first-order chi connectivity index (χ1) is 28.2. The molecule has 0 fully saturated rings. The Morgan fingerprint density at radius 2 is 1.11 bits per heavy atom. The summed E-state index contributed by atoms with van der Waals surface area (Å²) in [7, 11) is 0. The molecule has 0 atom stereocenters. The minimum atomic E-state index is 0.467. The maximum atomic E-state index is 5.20. The summed E-state index contributed by atoms with van der Waals surface area (Å²) in [6, 6.07) is 68.4. The van der Waals surface area contributed by atoms with Gasteiger partial charge in [-0.05, 0) is 69.9 Å². The van der Waals surface area contributed by atoms with Crippen molar-refractivity contribution in [3.05, 3.63) is 205 Å². The Labute approximate surface area is 335 Å². The molecule has 270 valence electrons. The van der Waals surface area contributed by atoms with Gasteiger partial charge in [0.15, 0.2) is 5.84 Å². The lowest BCUT2D eigenvalue weighted by molar-refractivity contribution is 1.06. The fourth-order valence-corrected chi connectivity index (χ4v) is 9.04. The van der Waals surface area contributed by atoms with Crippen LogP contribution in [0.25, 0.3) is 75.4 Å². The van der Waals surface area contributed by atoms with Crippen molar-refractivity contribution in [2.45, 2.75) is 6.54 Å². The van der Waals surface area contributed by atoms with Crippen molar-refractivity contribution >= 4 is 71.8 Å². The summed E-state index contributed by atoms with van der Waals surface area (Å²) >= 11 is 1.85. The van der Waals surface area contributed by atoms with Crippen LogP contribution >= 0.6 is 11.3 Å². The summed E-state index contributed by atoms with van der Waals surface area (Å²) in [5, 5.41) is 4.79. The first kappa shape index (κ1) is 34.3. The SMILES string of the molecule is C=N/C(=N\C(=N/Cc1ccc(-c2ccccc2)cc1)c1ccccc1)n1c2ccccc2c2ccc(-c3cccc4c3sc3ccc(-c5ccccc5)cc34)cc21. The summed E-state index contributed by atoms with van der Waals surface area (Å²) in [4.78, 5) is 14.9. The molecule has 8 aromatic carbocycles. The molecule has 2 aromatic heterocycles. The van der Waals surface area contributed by atoms with Gasteiger partial charge in [-0.25, -0.2) is 4.99 Å². The highest BCUT2D eigenvalue weighted by Gasteiger charge is 2.18. The van der Waals surface area contributed by atoms with Gasteiger partial charge in [0.2, 0.25) is 5.96 Å². The van der Waals surface area contributed by atoms with E-state index in [0.717, 1.165) is 38.5 Å². The molecule has 57 heavy (non-hydrogen) atoms. The molecule has 10 aromatic rings. The Hall–Kier alpha value is -7.21. The largest absolute Gasteiger partial charge is 0.278 e. The van der Waals surface area contributed by atoms with Crippen LogP contribution in [0, 0.1) is 0 Å². The van der Waals surface area contributed by atoms with Crippen molar-refractivity contribution in [2.24, 2.45) is 15.0 Å². The lowest BCUT2D eigenvalue weighted by Gasteiger charge is -2.10. The molecular formula is C52H36N4S. The molecule has 0 unspecified atom stereocenters. The number of aromatic nitrogens is 1. The van der Waals surface area contributed by atoms with E-state index in [2.05, 4.69) is 174 Å². The van der Waals surface area contributed by atoms with Crippen molar-refractivity contribution in [1.82, 2.24) is 4.57 Å². The highest BCUT2D eigenvalue weighted by molar-refractivity contribution is 7.26. The number of nitrogens with zero attached hydrogens (tertiary/aromatic N) is 4. The molecule has 0 spiro atoms. The van der Waals surface area contributed by atoms with Crippen LogP contribution in [0.4, 0.5) is 0 Å². The van der Waals surface area contributed by atoms with Gasteiger partial charge in [0.1, 0.15) is 0 Å². The standard InChI is InChI=1S/C52H36N4S/c1-53-52(55-51(39-18-9-4-10-19-39)54-34-35-24-26-38(27-25-35)36-14-5-2-6-15-36)56-47-23-12-11-20-43(47)44-30-28-41(33-48(44)56)42-21-13-22-45-46-32-40(37-16-7-3-8-17-37)29-31-49(46)57-50(42)45/h2-33H,1,34H2/b54-51-,55-52+. The number of amidine groups is 1. The van der Waals surface area contributed by atoms with E-state index in [9.17, 15) is 0 Å². The van der Waals surface area contributed by atoms with E-state index in [-0.39, 0.29) is 0 Å². The number of hydrogen-bond acceptors (Lipinski definition) is 2. The Bertz CT molecular complexity index is 3140. The number of fused-ring (bicyclic) bond motifs is 6. The van der Waals surface area contributed by atoms with Crippen molar-refractivity contribution in [3.8, 4) is 33.4 Å². The van der Waals surface area contributed by atoms with Crippen molar-refractivity contribution in [2.75, 3.05) is 0 Å². The number of rotatable bonds is 6. The lowest BCUT2D eigenvalue weighted by Crippen LogP contribution is -2.12. The van der Waals surface area contributed by atoms with Crippen molar-refractivity contribution < 1.29 is 0 Å². The van der Waals surface area contributed by atoms with Gasteiger partial charge in [0, 0.05) is 36.5 Å². The van der Waals surface area contributed by atoms with Crippen LogP contribution in [-0.2, 0) is 6.54 Å². The quantitative estimate of drug-likeness (QED) is 0.120. The number of benzene rings is 8. The second-order valence-corrected chi connectivity index (χ2v) is 15.1. The molecule has 0 saturated carbocycles. The third-order valence-electron chi connectivity index (χ3n) is 10.6. The monoisotopic (exact) mass is 748 g/mol. The minimum absolute atomic E-state index is 0.467. The maximum Gasteiger partial charge on any atom is 0.236 e. The van der Waals surface area contributed by atoms with Gasteiger partial charge in [-0.2, -0.15) is 4.99 Å². The summed E-state index contributed by atoms with van der Waals surface area (Å²) in [5.41, 5.74) is 11.2. The molecular weight excluding hydrogens is 713 g/mol. The summed E-state index contributed by atoms with van der Waals surface area (Å²) in [6.07, 6.45) is 0. The summed E-state index contributed by atoms with van der Waals surface area (Å²) in [6.45, 7) is 4.52. The fourth-order valence-electron chi connectivity index (χ4n) is 7.82. The minimum Gasteiger partial charge on any atom is -0.278 e. The van der Waals surface area contributed by atoms with E-state index in [0.29, 0.717) is 18.3 Å². The smallest absolute Gasteiger partial charge is 0.236 e. The zero-order valence-corrected chi connectivity index (χ0v) is 31.9. The Balaban J connectivity index is 1.09. The number of hydrogen-bond donors (Lipinski definition) is 0. The van der Waals surface area contributed by atoms with E-state index in [1.807, 2.05) is 47.7 Å². The highest BCUT2D eigenvalue weighted by Crippen LogP contribution is 2.42. The van der Waals surface area contributed by atoms with Gasteiger partial charge in [-0.15, -0.1) is 11.3 Å². The predicted molar refractivity (Wildman–Crippen MR) is 244 cm³/mol. The summed E-state index contributed by atoms with van der Waals surface area (Å²) in [5.74, 6) is 1.06. The molecule has 0 bridgehead atoms. The Morgan fingerprint density at radius 3 is 1.86 bits per heavy atom. The van der Waals surface area contributed by atoms with Gasteiger partial charge in [0.25, 0.3) is 0 Å². The van der Waals surface area contributed by atoms with Gasteiger partial charge in [-0.1, -0.05) is 170 Å². The van der Waals surface area contributed by atoms with Gasteiger partial charge >= 0.3 is 0 Å². The van der Waals surface area contributed by atoms with E-state index in [1.165, 1.54) is 48.0 Å². The molecule has 2 heterocycles. The van der Waals surface area contributed by atoms with Gasteiger partial charge in [0.05, 0.1) is 17.6 Å². The number of para-hydroxylation sites is 1. The topological polar surface area (TPSA) is 42.0 Å². The molecule has 0 aliphatic heterocycles. The molecule has 10 rings (SSSR count). The summed E-state index contributed by atoms with van der Waals surface area (Å²) < 4.78 is 4.68. The van der Waals surface area contributed by atoms with Crippen LogP contribution in [0.2, 0.25) is 0 Å². The van der Waals surface area contributed by atoms with E-state index < -0.39 is 0 Å². The van der Waals surface area contributed by atoms with E-state index in [1.54, 1.807) is 0 Å².